The van der Waals surface area contributed by atoms with E-state index in [1.165, 1.54) is 0 Å². The van der Waals surface area contributed by atoms with Crippen LogP contribution in [0.25, 0.3) is 0 Å². The van der Waals surface area contributed by atoms with E-state index in [9.17, 15) is 8.42 Å². The van der Waals surface area contributed by atoms with Gasteiger partial charge in [-0.15, -0.1) is 0 Å². The molecule has 4 N–H and O–H groups in total. The van der Waals surface area contributed by atoms with Gasteiger partial charge >= 0.3 is 0 Å². The van der Waals surface area contributed by atoms with Gasteiger partial charge in [0.2, 0.25) is 5.03 Å². The monoisotopic (exact) mass is 294 g/mol. The van der Waals surface area contributed by atoms with E-state index in [2.05, 4.69) is 14.9 Å². The van der Waals surface area contributed by atoms with Crippen LogP contribution in [0.5, 0.6) is 0 Å². The van der Waals surface area contributed by atoms with E-state index in [4.69, 9.17) is 5.73 Å². The molecule has 108 valence electrons. The molecule has 0 aliphatic rings. The van der Waals surface area contributed by atoms with Gasteiger partial charge in [0.15, 0.2) is 0 Å². The molecule has 0 saturated heterocycles. The van der Waals surface area contributed by atoms with Crippen molar-refractivity contribution in [2.75, 3.05) is 4.72 Å². The SMILES string of the molecule is Cc1cccc(NS(=O)(=O)c2n[nH]c(C)c2CN)c1C. The molecule has 1 aromatic carbocycles. The Morgan fingerprint density at radius 1 is 1.30 bits per heavy atom. The van der Waals surface area contributed by atoms with Crippen LogP contribution in [0.2, 0.25) is 0 Å². The number of hydrogen-bond acceptors (Lipinski definition) is 4. The third-order valence-corrected chi connectivity index (χ3v) is 4.68. The maximum absolute atomic E-state index is 12.4. The van der Waals surface area contributed by atoms with Crippen molar-refractivity contribution in [2.24, 2.45) is 5.73 Å². The van der Waals surface area contributed by atoms with Crippen molar-refractivity contribution in [3.63, 3.8) is 0 Å². The highest BCUT2D eigenvalue weighted by Gasteiger charge is 2.23. The van der Waals surface area contributed by atoms with Crippen LogP contribution >= 0.6 is 0 Å². The Bertz CT molecular complexity index is 735. The smallest absolute Gasteiger partial charge is 0.281 e. The van der Waals surface area contributed by atoms with Crippen LogP contribution in [0, 0.1) is 20.8 Å². The van der Waals surface area contributed by atoms with E-state index in [-0.39, 0.29) is 11.6 Å². The van der Waals surface area contributed by atoms with E-state index in [0.29, 0.717) is 16.9 Å². The minimum atomic E-state index is -3.75. The van der Waals surface area contributed by atoms with E-state index >= 15 is 0 Å². The molecule has 2 rings (SSSR count). The largest absolute Gasteiger partial charge is 0.326 e. The average molecular weight is 294 g/mol. The van der Waals surface area contributed by atoms with Gasteiger partial charge < -0.3 is 5.73 Å². The minimum Gasteiger partial charge on any atom is -0.326 e. The Morgan fingerprint density at radius 3 is 2.65 bits per heavy atom. The molecule has 0 unspecified atom stereocenters. The summed E-state index contributed by atoms with van der Waals surface area (Å²) in [4.78, 5) is 0. The lowest BCUT2D eigenvalue weighted by Gasteiger charge is -2.11. The Balaban J connectivity index is 2.44. The number of sulfonamides is 1. The second-order valence-corrected chi connectivity index (χ2v) is 6.29. The van der Waals surface area contributed by atoms with E-state index in [0.717, 1.165) is 11.1 Å². The van der Waals surface area contributed by atoms with Gasteiger partial charge in [-0.25, -0.2) is 0 Å². The summed E-state index contributed by atoms with van der Waals surface area (Å²) in [5.74, 6) is 0. The molecule has 0 fully saturated rings. The molecule has 1 aromatic heterocycles. The molecular formula is C13H18N4O2S. The normalized spacial score (nSPS) is 11.6. The first-order valence-corrected chi connectivity index (χ1v) is 7.68. The predicted octanol–water partition coefficient (Wildman–Crippen LogP) is 1.59. The fourth-order valence-electron chi connectivity index (χ4n) is 1.95. The molecule has 0 aliphatic carbocycles. The van der Waals surface area contributed by atoms with Crippen LogP contribution in [0.15, 0.2) is 23.2 Å². The number of anilines is 1. The number of hydrogen-bond donors (Lipinski definition) is 3. The van der Waals surface area contributed by atoms with Crippen molar-refractivity contribution < 1.29 is 8.42 Å². The zero-order valence-corrected chi connectivity index (χ0v) is 12.5. The molecule has 0 amide bonds. The number of aromatic nitrogens is 2. The predicted molar refractivity (Wildman–Crippen MR) is 77.9 cm³/mol. The fourth-order valence-corrected chi connectivity index (χ4v) is 3.28. The Labute approximate surface area is 118 Å². The van der Waals surface area contributed by atoms with Crippen molar-refractivity contribution >= 4 is 15.7 Å². The van der Waals surface area contributed by atoms with Crippen LogP contribution < -0.4 is 10.5 Å². The molecule has 1 heterocycles. The van der Waals surface area contributed by atoms with Crippen molar-refractivity contribution in [3.8, 4) is 0 Å². The molecule has 6 nitrogen and oxygen atoms in total. The number of nitrogens with zero attached hydrogens (tertiary/aromatic N) is 1. The number of nitrogens with one attached hydrogen (secondary N) is 2. The minimum absolute atomic E-state index is 0.0431. The van der Waals surface area contributed by atoms with Crippen molar-refractivity contribution in [2.45, 2.75) is 32.3 Å². The van der Waals surface area contributed by atoms with Gasteiger partial charge in [-0.05, 0) is 38.0 Å². The third-order valence-electron chi connectivity index (χ3n) is 3.34. The highest BCUT2D eigenvalue weighted by molar-refractivity contribution is 7.92. The van der Waals surface area contributed by atoms with E-state index < -0.39 is 10.0 Å². The maximum atomic E-state index is 12.4. The summed E-state index contributed by atoms with van der Waals surface area (Å²) in [7, 11) is -3.75. The molecule has 2 aromatic rings. The molecule has 20 heavy (non-hydrogen) atoms. The summed E-state index contributed by atoms with van der Waals surface area (Å²) < 4.78 is 27.4. The Hall–Kier alpha value is -1.86. The zero-order chi connectivity index (χ0) is 14.9. The summed E-state index contributed by atoms with van der Waals surface area (Å²) in [6.45, 7) is 5.65. The van der Waals surface area contributed by atoms with Gasteiger partial charge in [-0.1, -0.05) is 12.1 Å². The molecule has 7 heteroatoms. The second kappa shape index (κ2) is 5.26. The summed E-state index contributed by atoms with van der Waals surface area (Å²) in [6, 6.07) is 5.46. The first-order valence-electron chi connectivity index (χ1n) is 6.19. The van der Waals surface area contributed by atoms with Crippen LogP contribution in [-0.4, -0.2) is 18.6 Å². The summed E-state index contributed by atoms with van der Waals surface area (Å²) >= 11 is 0. The molecule has 0 aliphatic heterocycles. The summed E-state index contributed by atoms with van der Waals surface area (Å²) in [6.07, 6.45) is 0. The van der Waals surface area contributed by atoms with Crippen LogP contribution in [-0.2, 0) is 16.6 Å². The summed E-state index contributed by atoms with van der Waals surface area (Å²) in [5, 5.41) is 6.46. The van der Waals surface area contributed by atoms with E-state index in [1.54, 1.807) is 19.1 Å². The third kappa shape index (κ3) is 2.54. The van der Waals surface area contributed by atoms with Gasteiger partial charge in [0, 0.05) is 17.8 Å². The Kier molecular flexibility index (Phi) is 3.82. The van der Waals surface area contributed by atoms with Gasteiger partial charge in [-0.2, -0.15) is 13.5 Å². The number of aryl methyl sites for hydroxylation is 2. The molecule has 0 bridgehead atoms. The topological polar surface area (TPSA) is 101 Å². The number of H-pyrrole nitrogens is 1. The molecule has 0 atom stereocenters. The average Bonchev–Trinajstić information content (AvgIpc) is 2.76. The van der Waals surface area contributed by atoms with Crippen molar-refractivity contribution in [1.29, 1.82) is 0 Å². The quantitative estimate of drug-likeness (QED) is 0.797. The molecule has 0 spiro atoms. The van der Waals surface area contributed by atoms with Gasteiger partial charge in [-0.3, -0.25) is 9.82 Å². The van der Waals surface area contributed by atoms with Crippen molar-refractivity contribution in [1.82, 2.24) is 10.2 Å². The van der Waals surface area contributed by atoms with Gasteiger partial charge in [0.1, 0.15) is 0 Å². The lowest BCUT2D eigenvalue weighted by atomic mass is 10.1. The zero-order valence-electron chi connectivity index (χ0n) is 11.7. The maximum Gasteiger partial charge on any atom is 0.281 e. The number of nitrogens with two attached hydrogens (primary N) is 1. The first-order chi connectivity index (χ1) is 9.36. The fraction of sp³-hybridized carbons (Fsp3) is 0.308. The highest BCUT2D eigenvalue weighted by Crippen LogP contribution is 2.23. The number of rotatable bonds is 4. The second-order valence-electron chi connectivity index (χ2n) is 4.69. The molecule has 0 radical (unpaired) electrons. The van der Waals surface area contributed by atoms with Gasteiger partial charge in [0.25, 0.3) is 10.0 Å². The van der Waals surface area contributed by atoms with Crippen LogP contribution in [0.1, 0.15) is 22.4 Å². The molecule has 0 saturated carbocycles. The van der Waals surface area contributed by atoms with Gasteiger partial charge in [0.05, 0.1) is 5.69 Å². The number of aromatic amines is 1. The first kappa shape index (κ1) is 14.5. The number of benzene rings is 1. The highest BCUT2D eigenvalue weighted by atomic mass is 32.2. The summed E-state index contributed by atoms with van der Waals surface area (Å²) in [5.41, 5.74) is 9.20. The Morgan fingerprint density at radius 2 is 2.00 bits per heavy atom. The van der Waals surface area contributed by atoms with Crippen molar-refractivity contribution in [3.05, 3.63) is 40.6 Å². The molecular weight excluding hydrogens is 276 g/mol. The lowest BCUT2D eigenvalue weighted by Crippen LogP contribution is -2.17. The van der Waals surface area contributed by atoms with E-state index in [1.807, 2.05) is 19.9 Å². The lowest BCUT2D eigenvalue weighted by molar-refractivity contribution is 0.595. The standard InChI is InChI=1S/C13H18N4O2S/c1-8-5-4-6-12(9(8)2)17-20(18,19)13-11(7-14)10(3)15-16-13/h4-6,17H,7,14H2,1-3H3,(H,15,16). The van der Waals surface area contributed by atoms with Crippen LogP contribution in [0.3, 0.4) is 0 Å². The van der Waals surface area contributed by atoms with Crippen LogP contribution in [0.4, 0.5) is 5.69 Å².